The summed E-state index contributed by atoms with van der Waals surface area (Å²) in [6, 6.07) is 22.1. The number of thiazole rings is 1. The zero-order valence-electron chi connectivity index (χ0n) is 18.0. The van der Waals surface area contributed by atoms with E-state index >= 15 is 0 Å². The topological polar surface area (TPSA) is 82.3 Å². The van der Waals surface area contributed by atoms with Gasteiger partial charge in [-0.1, -0.05) is 53.3 Å². The second-order valence-electron chi connectivity index (χ2n) is 6.91. The Morgan fingerprint density at radius 1 is 1.00 bits per heavy atom. The average Bonchev–Trinajstić information content (AvgIpc) is 3.10. The standard InChI is InChI=1S/C17H16N2OS.C7H8O3S/c1-19-14-8-4-6-10-16(14)21-17(19)11-12-18-13-7-3-5-9-15(13)20-2;1-6-2-4-7(5-3-6)11(8,9)10/h3-12H,1-2H3;2-5H,1H3,(H,8,9,10). The summed E-state index contributed by atoms with van der Waals surface area (Å²) < 4.78 is 40.0. The molecule has 0 radical (unpaired) electrons. The van der Waals surface area contributed by atoms with Gasteiger partial charge in [0, 0.05) is 18.3 Å². The van der Waals surface area contributed by atoms with Gasteiger partial charge in [0.05, 0.1) is 17.7 Å². The molecule has 0 fully saturated rings. The number of anilines is 1. The minimum atomic E-state index is -4.27. The fraction of sp³-hybridized carbons (Fsp3) is 0.125. The third kappa shape index (κ3) is 5.94. The van der Waals surface area contributed by atoms with Crippen molar-refractivity contribution in [3.8, 4) is 5.75 Å². The smallest absolute Gasteiger partial charge is 0.263 e. The number of nitrogens with one attached hydrogen (secondary N) is 1. The molecular formula is C24H24N2O4S2. The highest BCUT2D eigenvalue weighted by Crippen LogP contribution is 2.24. The summed E-state index contributed by atoms with van der Waals surface area (Å²) in [5, 5.41) is 4.47. The van der Waals surface area contributed by atoms with E-state index in [0.717, 1.165) is 17.0 Å². The maximum Gasteiger partial charge on any atom is 0.263 e. The first-order valence-corrected chi connectivity index (χ1v) is 12.0. The SMILES string of the molecule is COc1ccccc1N/C=C/c1sc2ccccc2[n+]1C.Cc1ccc(S(=O)(=O)[O-])cc1. The number of hydrogen-bond acceptors (Lipinski definition) is 6. The Bertz CT molecular complexity index is 1330. The molecule has 1 N–H and O–H groups in total. The molecule has 0 saturated carbocycles. The quantitative estimate of drug-likeness (QED) is 0.339. The van der Waals surface area contributed by atoms with Crippen molar-refractivity contribution in [1.82, 2.24) is 0 Å². The van der Waals surface area contributed by atoms with E-state index in [1.54, 1.807) is 30.6 Å². The first-order chi connectivity index (χ1) is 15.3. The number of nitrogens with zero attached hydrogens (tertiary/aromatic N) is 1. The molecule has 4 rings (SSSR count). The van der Waals surface area contributed by atoms with Crippen LogP contribution in [0.25, 0.3) is 16.3 Å². The molecular weight excluding hydrogens is 444 g/mol. The van der Waals surface area contributed by atoms with Crippen LogP contribution in [0.4, 0.5) is 5.69 Å². The van der Waals surface area contributed by atoms with E-state index in [4.69, 9.17) is 4.74 Å². The van der Waals surface area contributed by atoms with Crippen molar-refractivity contribution in [1.29, 1.82) is 0 Å². The second-order valence-corrected chi connectivity index (χ2v) is 9.35. The number of aryl methyl sites for hydroxylation is 2. The largest absolute Gasteiger partial charge is 0.744 e. The predicted octanol–water partition coefficient (Wildman–Crippen LogP) is 4.72. The van der Waals surface area contributed by atoms with Crippen LogP contribution in [0.3, 0.4) is 0 Å². The molecule has 0 unspecified atom stereocenters. The monoisotopic (exact) mass is 468 g/mol. The van der Waals surface area contributed by atoms with Crippen LogP contribution in [0, 0.1) is 6.92 Å². The average molecular weight is 469 g/mol. The fourth-order valence-electron chi connectivity index (χ4n) is 2.94. The summed E-state index contributed by atoms with van der Waals surface area (Å²) in [5.74, 6) is 0.836. The summed E-state index contributed by atoms with van der Waals surface area (Å²) in [6.45, 7) is 1.82. The molecule has 0 spiro atoms. The van der Waals surface area contributed by atoms with E-state index in [2.05, 4.69) is 47.3 Å². The van der Waals surface area contributed by atoms with E-state index < -0.39 is 10.1 Å². The van der Waals surface area contributed by atoms with Crippen LogP contribution < -0.4 is 14.6 Å². The zero-order valence-corrected chi connectivity index (χ0v) is 19.6. The van der Waals surface area contributed by atoms with Crippen molar-refractivity contribution in [3.05, 3.63) is 89.6 Å². The maximum atomic E-state index is 10.4. The van der Waals surface area contributed by atoms with Gasteiger partial charge in [-0.05, 0) is 37.3 Å². The molecule has 0 atom stereocenters. The zero-order chi connectivity index (χ0) is 23.1. The third-order valence-electron chi connectivity index (χ3n) is 4.65. The van der Waals surface area contributed by atoms with Gasteiger partial charge in [-0.3, -0.25) is 0 Å². The van der Waals surface area contributed by atoms with E-state index in [1.165, 1.54) is 27.4 Å². The molecule has 0 saturated heterocycles. The van der Waals surface area contributed by atoms with Crippen molar-refractivity contribution in [2.24, 2.45) is 7.05 Å². The number of benzene rings is 3. The molecule has 0 aliphatic carbocycles. The molecule has 32 heavy (non-hydrogen) atoms. The highest BCUT2D eigenvalue weighted by Gasteiger charge is 2.13. The molecule has 1 heterocycles. The van der Waals surface area contributed by atoms with E-state index in [9.17, 15) is 13.0 Å². The molecule has 0 aliphatic rings. The van der Waals surface area contributed by atoms with Gasteiger partial charge in [0.2, 0.25) is 5.52 Å². The molecule has 6 nitrogen and oxygen atoms in total. The van der Waals surface area contributed by atoms with E-state index in [1.807, 2.05) is 37.4 Å². The molecule has 8 heteroatoms. The summed E-state index contributed by atoms with van der Waals surface area (Å²) in [6.07, 6.45) is 4.03. The van der Waals surface area contributed by atoms with Crippen molar-refractivity contribution in [2.75, 3.05) is 12.4 Å². The fourth-order valence-corrected chi connectivity index (χ4v) is 4.46. The van der Waals surface area contributed by atoms with Gasteiger partial charge in [-0.25, -0.2) is 8.42 Å². The highest BCUT2D eigenvalue weighted by molar-refractivity contribution is 7.85. The summed E-state index contributed by atoms with van der Waals surface area (Å²) in [4.78, 5) is -0.178. The van der Waals surface area contributed by atoms with Gasteiger partial charge in [0.25, 0.3) is 5.01 Å². The van der Waals surface area contributed by atoms with Crippen molar-refractivity contribution in [2.45, 2.75) is 11.8 Å². The Morgan fingerprint density at radius 2 is 1.66 bits per heavy atom. The summed E-state index contributed by atoms with van der Waals surface area (Å²) in [7, 11) is -0.508. The number of ether oxygens (including phenoxy) is 1. The molecule has 166 valence electrons. The lowest BCUT2D eigenvalue weighted by Gasteiger charge is -2.06. The van der Waals surface area contributed by atoms with Gasteiger partial charge in [0.15, 0.2) is 0 Å². The van der Waals surface area contributed by atoms with Crippen LogP contribution in [-0.4, -0.2) is 20.1 Å². The van der Waals surface area contributed by atoms with Crippen LogP contribution in [0.15, 0.2) is 83.9 Å². The Hall–Kier alpha value is -3.20. The minimum absolute atomic E-state index is 0.178. The van der Waals surface area contributed by atoms with Gasteiger partial charge >= 0.3 is 0 Å². The van der Waals surface area contributed by atoms with Gasteiger partial charge < -0.3 is 14.6 Å². The van der Waals surface area contributed by atoms with Crippen LogP contribution in [0.2, 0.25) is 0 Å². The molecule has 0 aliphatic heterocycles. The molecule has 0 bridgehead atoms. The molecule has 3 aromatic carbocycles. The maximum absolute atomic E-state index is 10.4. The van der Waals surface area contributed by atoms with E-state index in [-0.39, 0.29) is 4.90 Å². The highest BCUT2D eigenvalue weighted by atomic mass is 32.2. The van der Waals surface area contributed by atoms with Gasteiger partial charge in [-0.2, -0.15) is 4.57 Å². The number of methoxy groups -OCH3 is 1. The van der Waals surface area contributed by atoms with Crippen LogP contribution in [0.1, 0.15) is 10.6 Å². The number of hydrogen-bond donors (Lipinski definition) is 1. The van der Waals surface area contributed by atoms with Crippen LogP contribution >= 0.6 is 11.3 Å². The van der Waals surface area contributed by atoms with Crippen molar-refractivity contribution >= 4 is 43.4 Å². The predicted molar refractivity (Wildman–Crippen MR) is 128 cm³/mol. The van der Waals surface area contributed by atoms with Crippen molar-refractivity contribution in [3.63, 3.8) is 0 Å². The Labute approximate surface area is 192 Å². The summed E-state index contributed by atoms with van der Waals surface area (Å²) in [5.41, 5.74) is 3.14. The number of rotatable bonds is 5. The molecule has 4 aromatic rings. The third-order valence-corrected chi connectivity index (χ3v) is 6.69. The van der Waals surface area contributed by atoms with E-state index in [0.29, 0.717) is 0 Å². The minimum Gasteiger partial charge on any atom is -0.744 e. The Morgan fingerprint density at radius 3 is 2.31 bits per heavy atom. The molecule has 1 aromatic heterocycles. The molecule has 0 amide bonds. The first kappa shape index (κ1) is 23.5. The Balaban J connectivity index is 0.000000222. The number of fused-ring (bicyclic) bond motifs is 1. The van der Waals surface area contributed by atoms with Gasteiger partial charge in [0.1, 0.15) is 27.6 Å². The first-order valence-electron chi connectivity index (χ1n) is 9.76. The van der Waals surface area contributed by atoms with Crippen molar-refractivity contribution < 1.29 is 22.3 Å². The lowest BCUT2D eigenvalue weighted by molar-refractivity contribution is -0.642. The lowest BCUT2D eigenvalue weighted by Crippen LogP contribution is -2.28. The van der Waals surface area contributed by atoms with Crippen LogP contribution in [-0.2, 0) is 17.2 Å². The summed E-state index contributed by atoms with van der Waals surface area (Å²) >= 11 is 1.77. The lowest BCUT2D eigenvalue weighted by atomic mass is 10.2. The van der Waals surface area contributed by atoms with Gasteiger partial charge in [-0.15, -0.1) is 0 Å². The van der Waals surface area contributed by atoms with Crippen LogP contribution in [0.5, 0.6) is 5.75 Å². The normalized spacial score (nSPS) is 11.2. The number of para-hydroxylation sites is 3. The Kier molecular flexibility index (Phi) is 7.63. The number of aromatic nitrogens is 1. The second kappa shape index (κ2) is 10.4.